The number of unbranched alkanes of at least 4 members (excludes halogenated alkanes) is 1. The van der Waals surface area contributed by atoms with E-state index < -0.39 is 22.0 Å². The molecule has 0 unspecified atom stereocenters. The Hall–Kier alpha value is -1.87. The molecule has 2 rings (SSSR count). The van der Waals surface area contributed by atoms with Crippen LogP contribution in [0.4, 0.5) is 13.2 Å². The number of hydrogen-bond donors (Lipinski definition) is 0. The number of alkyl halides is 3. The second kappa shape index (κ2) is 7.17. The molecule has 0 saturated heterocycles. The van der Waals surface area contributed by atoms with Crippen LogP contribution in [0.15, 0.2) is 33.7 Å². The van der Waals surface area contributed by atoms with Gasteiger partial charge in [0.1, 0.15) is 5.69 Å². The quantitative estimate of drug-likeness (QED) is 0.762. The van der Waals surface area contributed by atoms with Gasteiger partial charge in [-0.15, -0.1) is 0 Å². The van der Waals surface area contributed by atoms with Crippen molar-refractivity contribution in [2.75, 3.05) is 13.6 Å². The van der Waals surface area contributed by atoms with Crippen LogP contribution in [-0.4, -0.2) is 31.5 Å². The third-order valence-corrected chi connectivity index (χ3v) is 5.79. The third-order valence-electron chi connectivity index (χ3n) is 3.79. The van der Waals surface area contributed by atoms with Crippen molar-refractivity contribution in [3.63, 3.8) is 0 Å². The van der Waals surface area contributed by atoms with Gasteiger partial charge in [0.2, 0.25) is 15.8 Å². The maximum Gasteiger partial charge on any atom is 0.452 e. The monoisotopic (exact) mass is 376 g/mol. The largest absolute Gasteiger partial charge is 0.452 e. The fourth-order valence-electron chi connectivity index (χ4n) is 2.25. The van der Waals surface area contributed by atoms with Gasteiger partial charge in [0, 0.05) is 25.2 Å². The van der Waals surface area contributed by atoms with E-state index in [-0.39, 0.29) is 16.2 Å². The summed E-state index contributed by atoms with van der Waals surface area (Å²) in [5, 5.41) is 3.40. The number of rotatable bonds is 6. The molecule has 1 aromatic heterocycles. The van der Waals surface area contributed by atoms with Crippen molar-refractivity contribution in [2.24, 2.45) is 0 Å². The fourth-order valence-corrected chi connectivity index (χ4v) is 3.71. The van der Waals surface area contributed by atoms with Crippen molar-refractivity contribution in [1.82, 2.24) is 9.46 Å². The Morgan fingerprint density at radius 3 is 2.48 bits per heavy atom. The van der Waals surface area contributed by atoms with Gasteiger partial charge in [-0.25, -0.2) is 12.7 Å². The summed E-state index contributed by atoms with van der Waals surface area (Å²) in [6.45, 7) is 3.95. The van der Waals surface area contributed by atoms with Gasteiger partial charge in [0.15, 0.2) is 0 Å². The van der Waals surface area contributed by atoms with Crippen LogP contribution >= 0.6 is 0 Å². The van der Waals surface area contributed by atoms with Gasteiger partial charge in [-0.2, -0.15) is 13.2 Å². The van der Waals surface area contributed by atoms with Crippen LogP contribution in [0.5, 0.6) is 0 Å². The first-order chi connectivity index (χ1) is 11.6. The molecule has 0 radical (unpaired) electrons. The van der Waals surface area contributed by atoms with Crippen molar-refractivity contribution in [3.8, 4) is 11.3 Å². The first kappa shape index (κ1) is 19.5. The molecular weight excluding hydrogens is 357 g/mol. The van der Waals surface area contributed by atoms with Crippen LogP contribution in [-0.2, 0) is 16.2 Å². The van der Waals surface area contributed by atoms with Crippen molar-refractivity contribution < 1.29 is 26.1 Å². The minimum absolute atomic E-state index is 0.0418. The van der Waals surface area contributed by atoms with Crippen molar-refractivity contribution in [3.05, 3.63) is 35.6 Å². The van der Waals surface area contributed by atoms with E-state index in [1.54, 1.807) is 6.92 Å². The van der Waals surface area contributed by atoms with Crippen molar-refractivity contribution in [2.45, 2.75) is 37.8 Å². The molecular formula is C16H19F3N2O3S. The summed E-state index contributed by atoms with van der Waals surface area (Å²) >= 11 is 0. The number of benzene rings is 1. The van der Waals surface area contributed by atoms with Gasteiger partial charge in [-0.3, -0.25) is 0 Å². The van der Waals surface area contributed by atoms with E-state index in [0.717, 1.165) is 12.5 Å². The lowest BCUT2D eigenvalue weighted by molar-refractivity contribution is -0.155. The van der Waals surface area contributed by atoms with E-state index in [9.17, 15) is 21.6 Å². The number of aryl methyl sites for hydroxylation is 1. The van der Waals surface area contributed by atoms with E-state index in [4.69, 9.17) is 0 Å². The van der Waals surface area contributed by atoms with E-state index in [1.165, 1.54) is 29.6 Å². The first-order valence-electron chi connectivity index (χ1n) is 7.68. The second-order valence-corrected chi connectivity index (χ2v) is 7.75. The summed E-state index contributed by atoms with van der Waals surface area (Å²) in [5.41, 5.74) is 0.680. The van der Waals surface area contributed by atoms with Gasteiger partial charge in [0.25, 0.3) is 0 Å². The SMILES string of the molecule is CCCCN(C)S(=O)(=O)c1cc(-c2cc(C(F)(F)F)on2)ccc1C. The highest BCUT2D eigenvalue weighted by molar-refractivity contribution is 7.89. The number of hydrogen-bond acceptors (Lipinski definition) is 4. The second-order valence-electron chi connectivity index (χ2n) is 5.73. The molecule has 0 fully saturated rings. The Balaban J connectivity index is 2.42. The van der Waals surface area contributed by atoms with Crippen molar-refractivity contribution >= 4 is 10.0 Å². The molecule has 0 amide bonds. The molecule has 0 atom stereocenters. The minimum atomic E-state index is -4.65. The molecule has 25 heavy (non-hydrogen) atoms. The third kappa shape index (κ3) is 4.21. The number of sulfonamides is 1. The zero-order valence-electron chi connectivity index (χ0n) is 14.1. The predicted octanol–water partition coefficient (Wildman–Crippen LogP) is 4.09. The van der Waals surface area contributed by atoms with Crippen molar-refractivity contribution in [1.29, 1.82) is 0 Å². The Kier molecular flexibility index (Phi) is 5.58. The van der Waals surface area contributed by atoms with Crippen LogP contribution in [0, 0.1) is 6.92 Å². The lowest BCUT2D eigenvalue weighted by atomic mass is 10.1. The minimum Gasteiger partial charge on any atom is -0.351 e. The van der Waals surface area contributed by atoms with E-state index in [2.05, 4.69) is 9.68 Å². The molecule has 9 heteroatoms. The molecule has 0 bridgehead atoms. The predicted molar refractivity (Wildman–Crippen MR) is 86.4 cm³/mol. The molecule has 0 aliphatic carbocycles. The highest BCUT2D eigenvalue weighted by Crippen LogP contribution is 2.33. The van der Waals surface area contributed by atoms with Gasteiger partial charge in [-0.05, 0) is 25.0 Å². The lowest BCUT2D eigenvalue weighted by Crippen LogP contribution is -2.28. The Bertz CT molecular complexity index is 845. The van der Waals surface area contributed by atoms with E-state index in [0.29, 0.717) is 18.5 Å². The van der Waals surface area contributed by atoms with Gasteiger partial charge in [-0.1, -0.05) is 30.6 Å². The fraction of sp³-hybridized carbons (Fsp3) is 0.438. The van der Waals surface area contributed by atoms with Crippen LogP contribution in [0.3, 0.4) is 0 Å². The molecule has 0 saturated carbocycles. The normalized spacial score (nSPS) is 12.8. The smallest absolute Gasteiger partial charge is 0.351 e. The molecule has 1 aromatic carbocycles. The summed E-state index contributed by atoms with van der Waals surface area (Å²) in [5.74, 6) is -1.23. The number of halogens is 3. The number of aromatic nitrogens is 1. The number of nitrogens with zero attached hydrogens (tertiary/aromatic N) is 2. The highest BCUT2D eigenvalue weighted by Gasteiger charge is 2.36. The van der Waals surface area contributed by atoms with E-state index in [1.807, 2.05) is 6.92 Å². The summed E-state index contributed by atoms with van der Waals surface area (Å²) < 4.78 is 68.9. The molecule has 2 aromatic rings. The van der Waals surface area contributed by atoms with Crippen LogP contribution in [0.1, 0.15) is 31.1 Å². The summed E-state index contributed by atoms with van der Waals surface area (Å²) in [4.78, 5) is 0.0418. The van der Waals surface area contributed by atoms with E-state index >= 15 is 0 Å². The first-order valence-corrected chi connectivity index (χ1v) is 9.12. The van der Waals surface area contributed by atoms with Gasteiger partial charge >= 0.3 is 6.18 Å². The molecule has 5 nitrogen and oxygen atoms in total. The van der Waals surface area contributed by atoms with Gasteiger partial charge < -0.3 is 4.52 Å². The van der Waals surface area contributed by atoms with Gasteiger partial charge in [0.05, 0.1) is 4.90 Å². The average Bonchev–Trinajstić information content (AvgIpc) is 3.03. The molecule has 0 N–H and O–H groups in total. The summed E-state index contributed by atoms with van der Waals surface area (Å²) in [6, 6.07) is 5.13. The highest BCUT2D eigenvalue weighted by atomic mass is 32.2. The lowest BCUT2D eigenvalue weighted by Gasteiger charge is -2.18. The zero-order chi connectivity index (χ0) is 18.8. The van der Waals surface area contributed by atoms with Crippen LogP contribution in [0.25, 0.3) is 11.3 Å². The summed E-state index contributed by atoms with van der Waals surface area (Å²) in [7, 11) is -2.26. The molecule has 1 heterocycles. The Morgan fingerprint density at radius 1 is 1.24 bits per heavy atom. The summed E-state index contributed by atoms with van der Waals surface area (Å²) in [6.07, 6.45) is -3.09. The molecule has 138 valence electrons. The van der Waals surface area contributed by atoms with Crippen LogP contribution < -0.4 is 0 Å². The zero-order valence-corrected chi connectivity index (χ0v) is 14.9. The topological polar surface area (TPSA) is 63.4 Å². The molecule has 0 aliphatic heterocycles. The Labute approximate surface area is 144 Å². The molecule has 0 aliphatic rings. The van der Waals surface area contributed by atoms with Crippen LogP contribution in [0.2, 0.25) is 0 Å². The Morgan fingerprint density at radius 2 is 1.92 bits per heavy atom. The maximum atomic E-state index is 12.7. The molecule has 0 spiro atoms. The maximum absolute atomic E-state index is 12.7. The average molecular weight is 376 g/mol. The standard InChI is InChI=1S/C16H19F3N2O3S/c1-4-5-8-21(3)25(22,23)14-9-12(7-6-11(14)2)13-10-15(24-20-13)16(17,18)19/h6-7,9-10H,4-5,8H2,1-3H3.